The molecule has 0 fully saturated rings. The van der Waals surface area contributed by atoms with E-state index in [0.29, 0.717) is 22.9 Å². The van der Waals surface area contributed by atoms with Crippen LogP contribution >= 0.6 is 0 Å². The average Bonchev–Trinajstić information content (AvgIpc) is 3.10. The molecule has 2 aromatic heterocycles. The first kappa shape index (κ1) is 19.3. The summed E-state index contributed by atoms with van der Waals surface area (Å²) in [5.41, 5.74) is 2.67. The van der Waals surface area contributed by atoms with Gasteiger partial charge in [0.1, 0.15) is 6.54 Å². The largest absolute Gasteiger partial charge is 0.494 e. The highest BCUT2D eigenvalue weighted by molar-refractivity contribution is 5.75. The zero-order valence-corrected chi connectivity index (χ0v) is 16.1. The van der Waals surface area contributed by atoms with E-state index in [2.05, 4.69) is 20.4 Å². The van der Waals surface area contributed by atoms with Crippen LogP contribution in [0.5, 0.6) is 5.75 Å². The fourth-order valence-electron chi connectivity index (χ4n) is 2.53. The van der Waals surface area contributed by atoms with Gasteiger partial charge in [0.2, 0.25) is 11.9 Å². The Morgan fingerprint density at radius 1 is 1.32 bits per heavy atom. The topological polar surface area (TPSA) is 85.2 Å². The minimum absolute atomic E-state index is 0.0648. The maximum absolute atomic E-state index is 14.1. The zero-order valence-electron chi connectivity index (χ0n) is 16.1. The van der Waals surface area contributed by atoms with Gasteiger partial charge >= 0.3 is 0 Å². The maximum Gasteiger partial charge on any atom is 0.243 e. The fourth-order valence-corrected chi connectivity index (χ4v) is 2.53. The third kappa shape index (κ3) is 4.25. The maximum atomic E-state index is 14.1. The van der Waals surface area contributed by atoms with E-state index in [1.165, 1.54) is 22.8 Å². The summed E-state index contributed by atoms with van der Waals surface area (Å²) < 4.78 is 20.5. The zero-order chi connectivity index (χ0) is 20.3. The Bertz CT molecular complexity index is 1000. The monoisotopic (exact) mass is 384 g/mol. The van der Waals surface area contributed by atoms with Crippen LogP contribution in [0.2, 0.25) is 0 Å². The number of rotatable bonds is 6. The molecule has 0 saturated carbocycles. The van der Waals surface area contributed by atoms with E-state index in [4.69, 9.17) is 4.74 Å². The van der Waals surface area contributed by atoms with Crippen molar-refractivity contribution < 1.29 is 13.9 Å². The molecule has 28 heavy (non-hydrogen) atoms. The molecule has 3 aromatic rings. The molecule has 146 valence electrons. The number of amides is 1. The SMILES string of the molecule is COc1ccc(-c2nc(Nc3cnn(CC(=O)N(C)C)c3)ncc2C)cc1F. The van der Waals surface area contributed by atoms with E-state index in [-0.39, 0.29) is 18.2 Å². The quantitative estimate of drug-likeness (QED) is 0.703. The summed E-state index contributed by atoms with van der Waals surface area (Å²) in [4.78, 5) is 22.0. The summed E-state index contributed by atoms with van der Waals surface area (Å²) in [6.07, 6.45) is 4.93. The summed E-state index contributed by atoms with van der Waals surface area (Å²) in [5, 5.41) is 7.20. The van der Waals surface area contributed by atoms with Crippen molar-refractivity contribution >= 4 is 17.5 Å². The first-order chi connectivity index (χ1) is 13.4. The Balaban J connectivity index is 1.81. The molecule has 3 rings (SSSR count). The number of hydrogen-bond donors (Lipinski definition) is 1. The third-order valence-electron chi connectivity index (χ3n) is 4.08. The van der Waals surface area contributed by atoms with Crippen LogP contribution in [-0.2, 0) is 11.3 Å². The summed E-state index contributed by atoms with van der Waals surface area (Å²) in [6.45, 7) is 1.99. The molecule has 0 aliphatic rings. The lowest BCUT2D eigenvalue weighted by Gasteiger charge is -2.10. The van der Waals surface area contributed by atoms with Crippen LogP contribution in [0.25, 0.3) is 11.3 Å². The molecule has 0 aliphatic carbocycles. The molecular weight excluding hydrogens is 363 g/mol. The number of nitrogens with one attached hydrogen (secondary N) is 1. The van der Waals surface area contributed by atoms with Crippen molar-refractivity contribution in [1.29, 1.82) is 0 Å². The van der Waals surface area contributed by atoms with E-state index in [1.807, 2.05) is 6.92 Å². The first-order valence-electron chi connectivity index (χ1n) is 8.54. The fraction of sp³-hybridized carbons (Fsp3) is 0.263. The van der Waals surface area contributed by atoms with E-state index >= 15 is 0 Å². The Morgan fingerprint density at radius 3 is 2.79 bits per heavy atom. The smallest absolute Gasteiger partial charge is 0.243 e. The molecule has 9 heteroatoms. The molecule has 0 radical (unpaired) electrons. The molecule has 0 bridgehead atoms. The Morgan fingerprint density at radius 2 is 2.11 bits per heavy atom. The molecule has 0 unspecified atom stereocenters. The van der Waals surface area contributed by atoms with Gasteiger partial charge in [0, 0.05) is 32.1 Å². The Labute approximate surface area is 162 Å². The predicted octanol–water partition coefficient (Wildman–Crippen LogP) is 2.63. The number of anilines is 2. The number of halogens is 1. The number of benzene rings is 1. The van der Waals surface area contributed by atoms with Crippen LogP contribution in [0.3, 0.4) is 0 Å². The van der Waals surface area contributed by atoms with Gasteiger partial charge in [-0.05, 0) is 30.7 Å². The number of ether oxygens (including phenoxy) is 1. The Kier molecular flexibility index (Phi) is 5.53. The lowest BCUT2D eigenvalue weighted by atomic mass is 10.1. The second-order valence-electron chi connectivity index (χ2n) is 6.41. The van der Waals surface area contributed by atoms with Gasteiger partial charge in [-0.3, -0.25) is 9.48 Å². The normalized spacial score (nSPS) is 10.6. The Hall–Kier alpha value is -3.49. The van der Waals surface area contributed by atoms with Crippen LogP contribution < -0.4 is 10.1 Å². The average molecular weight is 384 g/mol. The highest BCUT2D eigenvalue weighted by atomic mass is 19.1. The highest BCUT2D eigenvalue weighted by Crippen LogP contribution is 2.27. The summed E-state index contributed by atoms with van der Waals surface area (Å²) >= 11 is 0. The third-order valence-corrected chi connectivity index (χ3v) is 4.08. The number of nitrogens with zero attached hydrogens (tertiary/aromatic N) is 5. The standard InChI is InChI=1S/C19H21FN6O2/c1-12-8-21-19(23-14-9-22-26(10-14)11-17(27)25(2)3)24-18(12)13-5-6-16(28-4)15(20)7-13/h5-10H,11H2,1-4H3,(H,21,23,24). The number of hydrogen-bond acceptors (Lipinski definition) is 6. The molecule has 2 heterocycles. The van der Waals surface area contributed by atoms with E-state index < -0.39 is 5.82 Å². The van der Waals surface area contributed by atoms with Gasteiger partial charge < -0.3 is 15.0 Å². The van der Waals surface area contributed by atoms with Gasteiger partial charge in [0.05, 0.1) is 24.7 Å². The van der Waals surface area contributed by atoms with Crippen LogP contribution in [0, 0.1) is 12.7 Å². The number of aryl methyl sites for hydroxylation is 1. The van der Waals surface area contributed by atoms with Crippen molar-refractivity contribution in [3.63, 3.8) is 0 Å². The van der Waals surface area contributed by atoms with E-state index in [0.717, 1.165) is 5.56 Å². The molecule has 8 nitrogen and oxygen atoms in total. The summed E-state index contributed by atoms with van der Waals surface area (Å²) in [5.74, 6) is -0.00628. The van der Waals surface area contributed by atoms with Crippen LogP contribution in [-0.4, -0.2) is 51.8 Å². The van der Waals surface area contributed by atoms with Crippen LogP contribution in [0.15, 0.2) is 36.8 Å². The summed E-state index contributed by atoms with van der Waals surface area (Å²) in [7, 11) is 4.80. The van der Waals surface area contributed by atoms with Crippen LogP contribution in [0.4, 0.5) is 16.0 Å². The van der Waals surface area contributed by atoms with Gasteiger partial charge in [-0.25, -0.2) is 14.4 Å². The van der Waals surface area contributed by atoms with Gasteiger partial charge in [-0.2, -0.15) is 5.10 Å². The lowest BCUT2D eigenvalue weighted by molar-refractivity contribution is -0.129. The number of carbonyl (C=O) groups excluding carboxylic acids is 1. The predicted molar refractivity (Wildman–Crippen MR) is 103 cm³/mol. The minimum Gasteiger partial charge on any atom is -0.494 e. The molecule has 0 saturated heterocycles. The molecule has 0 spiro atoms. The van der Waals surface area contributed by atoms with E-state index in [1.54, 1.807) is 44.8 Å². The molecule has 1 aromatic carbocycles. The van der Waals surface area contributed by atoms with Gasteiger partial charge in [-0.15, -0.1) is 0 Å². The van der Waals surface area contributed by atoms with Crippen LogP contribution in [0.1, 0.15) is 5.56 Å². The molecule has 1 amide bonds. The number of aromatic nitrogens is 4. The number of methoxy groups -OCH3 is 1. The second-order valence-corrected chi connectivity index (χ2v) is 6.41. The molecule has 1 N–H and O–H groups in total. The van der Waals surface area contributed by atoms with Crippen molar-refractivity contribution in [1.82, 2.24) is 24.6 Å². The minimum atomic E-state index is -0.459. The lowest BCUT2D eigenvalue weighted by Crippen LogP contribution is -2.26. The number of carbonyl (C=O) groups is 1. The van der Waals surface area contributed by atoms with Gasteiger partial charge in [0.25, 0.3) is 0 Å². The summed E-state index contributed by atoms with van der Waals surface area (Å²) in [6, 6.07) is 4.68. The van der Waals surface area contributed by atoms with Crippen molar-refractivity contribution in [2.24, 2.45) is 0 Å². The highest BCUT2D eigenvalue weighted by Gasteiger charge is 2.12. The van der Waals surface area contributed by atoms with E-state index in [9.17, 15) is 9.18 Å². The number of likely N-dealkylation sites (N-methyl/N-ethyl adjacent to an activating group) is 1. The molecule has 0 atom stereocenters. The van der Waals surface area contributed by atoms with Gasteiger partial charge in [0.15, 0.2) is 11.6 Å². The van der Waals surface area contributed by atoms with Gasteiger partial charge in [-0.1, -0.05) is 0 Å². The van der Waals surface area contributed by atoms with Crippen molar-refractivity contribution in [2.75, 3.05) is 26.5 Å². The van der Waals surface area contributed by atoms with Crippen molar-refractivity contribution in [2.45, 2.75) is 13.5 Å². The molecule has 0 aliphatic heterocycles. The molecular formula is C19H21FN6O2. The first-order valence-corrected chi connectivity index (χ1v) is 8.54. The second kappa shape index (κ2) is 8.03. The van der Waals surface area contributed by atoms with Crippen molar-refractivity contribution in [3.05, 3.63) is 48.2 Å². The van der Waals surface area contributed by atoms with Crippen molar-refractivity contribution in [3.8, 4) is 17.0 Å².